The van der Waals surface area contributed by atoms with Gasteiger partial charge in [-0.05, 0) is 30.5 Å². The molecule has 0 aliphatic heterocycles. The number of nitrogens with one attached hydrogen (secondary N) is 1. The fourth-order valence-corrected chi connectivity index (χ4v) is 1.96. The van der Waals surface area contributed by atoms with Crippen LogP contribution in [0.15, 0.2) is 24.3 Å². The molecule has 1 aromatic rings. The van der Waals surface area contributed by atoms with Gasteiger partial charge in [-0.2, -0.15) is 0 Å². The van der Waals surface area contributed by atoms with E-state index in [4.69, 9.17) is 5.11 Å². The number of carbonyl (C=O) groups is 1. The van der Waals surface area contributed by atoms with Gasteiger partial charge in [0.15, 0.2) is 0 Å². The highest BCUT2D eigenvalue weighted by Gasteiger charge is 2.15. The van der Waals surface area contributed by atoms with Gasteiger partial charge in [-0.15, -0.1) is 0 Å². The van der Waals surface area contributed by atoms with Crippen LogP contribution < -0.4 is 5.32 Å². The van der Waals surface area contributed by atoms with Crippen LogP contribution in [0.4, 0.5) is 5.69 Å². The van der Waals surface area contributed by atoms with Gasteiger partial charge < -0.3 is 10.4 Å². The predicted octanol–water partition coefficient (Wildman–Crippen LogP) is 3.33. The van der Waals surface area contributed by atoms with Gasteiger partial charge in [0.05, 0.1) is 6.61 Å². The molecule has 1 atom stereocenters. The van der Waals surface area contributed by atoms with Crippen molar-refractivity contribution < 1.29 is 9.90 Å². The molecule has 1 unspecified atom stereocenters. The summed E-state index contributed by atoms with van der Waals surface area (Å²) >= 11 is 0. The van der Waals surface area contributed by atoms with Crippen LogP contribution in [0.2, 0.25) is 0 Å². The van der Waals surface area contributed by atoms with Crippen molar-refractivity contribution in [1.82, 2.24) is 0 Å². The summed E-state index contributed by atoms with van der Waals surface area (Å²) in [7, 11) is 0. The average molecular weight is 249 g/mol. The first-order chi connectivity index (χ1) is 8.71. The Hall–Kier alpha value is -1.35. The van der Waals surface area contributed by atoms with Crippen LogP contribution in [-0.2, 0) is 11.4 Å². The highest BCUT2D eigenvalue weighted by atomic mass is 16.3. The van der Waals surface area contributed by atoms with E-state index in [1.165, 1.54) is 0 Å². The van der Waals surface area contributed by atoms with E-state index in [0.29, 0.717) is 0 Å². The molecule has 1 rings (SSSR count). The van der Waals surface area contributed by atoms with Crippen LogP contribution >= 0.6 is 0 Å². The van der Waals surface area contributed by atoms with Crippen molar-refractivity contribution in [2.24, 2.45) is 5.92 Å². The molecule has 0 spiro atoms. The van der Waals surface area contributed by atoms with Gasteiger partial charge in [-0.3, -0.25) is 4.79 Å². The van der Waals surface area contributed by atoms with Gasteiger partial charge in [-0.25, -0.2) is 0 Å². The molecule has 0 aliphatic carbocycles. The summed E-state index contributed by atoms with van der Waals surface area (Å²) in [6, 6.07) is 7.34. The largest absolute Gasteiger partial charge is 0.392 e. The van der Waals surface area contributed by atoms with Crippen molar-refractivity contribution >= 4 is 11.6 Å². The van der Waals surface area contributed by atoms with Crippen molar-refractivity contribution in [3.05, 3.63) is 29.8 Å². The first-order valence-electron chi connectivity index (χ1n) is 6.71. The number of aliphatic hydroxyl groups excluding tert-OH is 1. The summed E-state index contributed by atoms with van der Waals surface area (Å²) in [5.41, 5.74) is 1.58. The molecule has 0 fully saturated rings. The van der Waals surface area contributed by atoms with Crippen molar-refractivity contribution in [1.29, 1.82) is 0 Å². The van der Waals surface area contributed by atoms with Gasteiger partial charge in [0.1, 0.15) is 0 Å². The van der Waals surface area contributed by atoms with E-state index in [2.05, 4.69) is 12.2 Å². The minimum absolute atomic E-state index is 0.00322. The fraction of sp³-hybridized carbons (Fsp3) is 0.533. The van der Waals surface area contributed by atoms with Gasteiger partial charge in [-0.1, -0.05) is 38.8 Å². The van der Waals surface area contributed by atoms with Crippen molar-refractivity contribution in [3.63, 3.8) is 0 Å². The zero-order valence-corrected chi connectivity index (χ0v) is 11.3. The minimum Gasteiger partial charge on any atom is -0.392 e. The Morgan fingerprint density at radius 2 is 2.17 bits per heavy atom. The number of hydrogen-bond acceptors (Lipinski definition) is 2. The average Bonchev–Trinajstić information content (AvgIpc) is 2.40. The van der Waals surface area contributed by atoms with Crippen LogP contribution in [-0.4, -0.2) is 11.0 Å². The lowest BCUT2D eigenvalue weighted by molar-refractivity contribution is -0.120. The quantitative estimate of drug-likeness (QED) is 0.778. The molecule has 0 heterocycles. The van der Waals surface area contributed by atoms with E-state index in [0.717, 1.165) is 36.9 Å². The zero-order valence-electron chi connectivity index (χ0n) is 11.3. The lowest BCUT2D eigenvalue weighted by Gasteiger charge is -2.14. The number of hydrogen-bond donors (Lipinski definition) is 2. The normalized spacial score (nSPS) is 12.2. The molecule has 100 valence electrons. The van der Waals surface area contributed by atoms with Gasteiger partial charge in [0, 0.05) is 11.6 Å². The molecule has 18 heavy (non-hydrogen) atoms. The van der Waals surface area contributed by atoms with Gasteiger partial charge >= 0.3 is 0 Å². The van der Waals surface area contributed by atoms with Crippen molar-refractivity contribution in [3.8, 4) is 0 Å². The molecule has 1 aromatic carbocycles. The molecule has 0 aromatic heterocycles. The fourth-order valence-electron chi connectivity index (χ4n) is 1.96. The van der Waals surface area contributed by atoms with Crippen LogP contribution in [0.3, 0.4) is 0 Å². The highest BCUT2D eigenvalue weighted by Crippen LogP contribution is 2.17. The number of unbranched alkanes of at least 4 members (excludes halogenated alkanes) is 1. The van der Waals surface area contributed by atoms with E-state index < -0.39 is 0 Å². The molecule has 0 bridgehead atoms. The van der Waals surface area contributed by atoms with E-state index in [1.807, 2.05) is 31.2 Å². The molecule has 1 amide bonds. The number of anilines is 1. The molecular weight excluding hydrogens is 226 g/mol. The standard InChI is InChI=1S/C15H23NO2/c1-3-5-8-13(4-2)15(18)16-14-9-6-7-12(10-14)11-17/h6-7,9-10,13,17H,3-5,8,11H2,1-2H3,(H,16,18). The molecule has 0 saturated heterocycles. The second-order valence-electron chi connectivity index (χ2n) is 4.60. The maximum Gasteiger partial charge on any atom is 0.227 e. The van der Waals surface area contributed by atoms with E-state index in [1.54, 1.807) is 0 Å². The molecule has 0 aliphatic rings. The number of rotatable bonds is 7. The monoisotopic (exact) mass is 249 g/mol. The molecular formula is C15H23NO2. The summed E-state index contributed by atoms with van der Waals surface area (Å²) in [5, 5.41) is 12.0. The van der Waals surface area contributed by atoms with Crippen molar-refractivity contribution in [2.45, 2.75) is 46.1 Å². The first kappa shape index (κ1) is 14.7. The van der Waals surface area contributed by atoms with Gasteiger partial charge in [0.25, 0.3) is 0 Å². The van der Waals surface area contributed by atoms with Crippen LogP contribution in [0.25, 0.3) is 0 Å². The Labute approximate surface area is 109 Å². The lowest BCUT2D eigenvalue weighted by atomic mass is 9.98. The smallest absolute Gasteiger partial charge is 0.227 e. The number of benzene rings is 1. The third-order valence-corrected chi connectivity index (χ3v) is 3.15. The SMILES string of the molecule is CCCCC(CC)C(=O)Nc1cccc(CO)c1. The minimum atomic E-state index is -0.00322. The molecule has 0 radical (unpaired) electrons. The Bertz CT molecular complexity index is 377. The maximum absolute atomic E-state index is 12.1. The molecule has 3 nitrogen and oxygen atoms in total. The second kappa shape index (κ2) is 7.88. The molecule has 0 saturated carbocycles. The summed E-state index contributed by atoms with van der Waals surface area (Å²) < 4.78 is 0. The number of amides is 1. The first-order valence-corrected chi connectivity index (χ1v) is 6.71. The van der Waals surface area contributed by atoms with E-state index >= 15 is 0 Å². The predicted molar refractivity (Wildman–Crippen MR) is 74.3 cm³/mol. The summed E-state index contributed by atoms with van der Waals surface area (Å²) in [5.74, 6) is 0.170. The summed E-state index contributed by atoms with van der Waals surface area (Å²) in [4.78, 5) is 12.1. The Morgan fingerprint density at radius 1 is 1.39 bits per heavy atom. The van der Waals surface area contributed by atoms with E-state index in [-0.39, 0.29) is 18.4 Å². The Kier molecular flexibility index (Phi) is 6.44. The third-order valence-electron chi connectivity index (χ3n) is 3.15. The Morgan fingerprint density at radius 3 is 2.78 bits per heavy atom. The molecule has 3 heteroatoms. The highest BCUT2D eigenvalue weighted by molar-refractivity contribution is 5.92. The van der Waals surface area contributed by atoms with Crippen molar-refractivity contribution in [2.75, 3.05) is 5.32 Å². The lowest BCUT2D eigenvalue weighted by Crippen LogP contribution is -2.22. The summed E-state index contributed by atoms with van der Waals surface area (Å²) in [6.45, 7) is 4.18. The van der Waals surface area contributed by atoms with Gasteiger partial charge in [0.2, 0.25) is 5.91 Å². The third kappa shape index (κ3) is 4.49. The van der Waals surface area contributed by atoms with Crippen LogP contribution in [0.5, 0.6) is 0 Å². The van der Waals surface area contributed by atoms with E-state index in [9.17, 15) is 4.79 Å². The van der Waals surface area contributed by atoms with Crippen LogP contribution in [0, 0.1) is 5.92 Å². The second-order valence-corrected chi connectivity index (χ2v) is 4.60. The maximum atomic E-state index is 12.1. The number of carbonyl (C=O) groups excluding carboxylic acids is 1. The molecule has 2 N–H and O–H groups in total. The Balaban J connectivity index is 2.61. The van der Waals surface area contributed by atoms with Crippen LogP contribution in [0.1, 0.15) is 45.1 Å². The topological polar surface area (TPSA) is 49.3 Å². The summed E-state index contributed by atoms with van der Waals surface area (Å²) in [6.07, 6.45) is 4.01. The number of aliphatic hydroxyl groups is 1. The zero-order chi connectivity index (χ0) is 13.4.